The monoisotopic (exact) mass is 353 g/mol. The van der Waals surface area contributed by atoms with Gasteiger partial charge in [-0.2, -0.15) is 0 Å². The fourth-order valence-corrected chi connectivity index (χ4v) is 3.76. The molecule has 26 heavy (non-hydrogen) atoms. The zero-order valence-corrected chi connectivity index (χ0v) is 15.0. The van der Waals surface area contributed by atoms with E-state index in [-0.39, 0.29) is 11.5 Å². The molecule has 2 aromatic heterocycles. The first-order valence-electron chi connectivity index (χ1n) is 8.93. The minimum atomic E-state index is -0.428. The summed E-state index contributed by atoms with van der Waals surface area (Å²) in [5, 5.41) is 15.3. The van der Waals surface area contributed by atoms with Crippen LogP contribution in [0, 0.1) is 19.8 Å². The fourth-order valence-electron chi connectivity index (χ4n) is 3.76. The van der Waals surface area contributed by atoms with Crippen molar-refractivity contribution in [2.45, 2.75) is 32.9 Å². The summed E-state index contributed by atoms with van der Waals surface area (Å²) in [7, 11) is 0. The molecule has 3 heterocycles. The average Bonchev–Trinajstić information content (AvgIpc) is 3.14. The van der Waals surface area contributed by atoms with Gasteiger partial charge in [0.25, 0.3) is 5.56 Å². The van der Waals surface area contributed by atoms with Crippen LogP contribution in [0.5, 0.6) is 0 Å². The van der Waals surface area contributed by atoms with E-state index in [0.717, 1.165) is 40.0 Å². The minimum Gasteiger partial charge on any atom is -0.391 e. The number of hydrogen-bond acceptors (Lipinski definition) is 5. The van der Waals surface area contributed by atoms with E-state index >= 15 is 0 Å². The van der Waals surface area contributed by atoms with Gasteiger partial charge in [-0.15, -0.1) is 0 Å². The van der Waals surface area contributed by atoms with E-state index in [1.807, 2.05) is 44.2 Å². The zero-order valence-electron chi connectivity index (χ0n) is 15.0. The maximum atomic E-state index is 12.4. The molecule has 1 aliphatic heterocycles. The predicted octanol–water partition coefficient (Wildman–Crippen LogP) is 2.17. The molecule has 0 spiro atoms. The summed E-state index contributed by atoms with van der Waals surface area (Å²) in [6.45, 7) is 5.71. The molecule has 0 amide bonds. The number of hydrogen-bond donors (Lipinski definition) is 2. The second kappa shape index (κ2) is 6.70. The molecule has 3 aromatic rings. The molecule has 0 radical (unpaired) electrons. The fraction of sp³-hybridized carbons (Fsp3) is 0.400. The highest BCUT2D eigenvalue weighted by atomic mass is 16.5. The smallest absolute Gasteiger partial charge is 0.252 e. The van der Waals surface area contributed by atoms with Gasteiger partial charge in [-0.05, 0) is 36.9 Å². The van der Waals surface area contributed by atoms with Gasteiger partial charge in [-0.3, -0.25) is 9.69 Å². The average molecular weight is 353 g/mol. The van der Waals surface area contributed by atoms with Crippen molar-refractivity contribution in [1.82, 2.24) is 15.0 Å². The Morgan fingerprint density at radius 3 is 2.88 bits per heavy atom. The van der Waals surface area contributed by atoms with Crippen molar-refractivity contribution < 1.29 is 9.63 Å². The number of β-amino-alcohol motifs (C(OH)–C–C–N with tert-alkyl or cyclic N) is 1. The number of rotatable bonds is 4. The van der Waals surface area contributed by atoms with E-state index in [1.165, 1.54) is 0 Å². The van der Waals surface area contributed by atoms with Crippen LogP contribution in [-0.2, 0) is 13.0 Å². The lowest BCUT2D eigenvalue weighted by molar-refractivity contribution is 0.137. The van der Waals surface area contributed by atoms with Crippen molar-refractivity contribution >= 4 is 10.9 Å². The quantitative estimate of drug-likeness (QED) is 0.751. The molecular weight excluding hydrogens is 330 g/mol. The number of H-pyrrole nitrogens is 1. The minimum absolute atomic E-state index is 0.0631. The standard InChI is InChI=1S/C20H23N3O3/c1-12-3-4-14-7-16(20(25)21-18(14)5-12)10-23-9-15(19(24)11-23)8-17-6-13(2)22-26-17/h3-7,15,19,24H,8-11H2,1-2H3,(H,21,25)/t15-,19+/m1/s1. The zero-order chi connectivity index (χ0) is 18.3. The summed E-state index contributed by atoms with van der Waals surface area (Å²) in [5.41, 5.74) is 3.49. The van der Waals surface area contributed by atoms with Crippen molar-refractivity contribution in [2.24, 2.45) is 5.92 Å². The van der Waals surface area contributed by atoms with Crippen LogP contribution in [0.25, 0.3) is 10.9 Å². The molecule has 1 saturated heterocycles. The number of aliphatic hydroxyl groups excluding tert-OH is 1. The van der Waals surface area contributed by atoms with E-state index in [1.54, 1.807) is 0 Å². The van der Waals surface area contributed by atoms with Crippen LogP contribution in [0.3, 0.4) is 0 Å². The molecule has 2 atom stereocenters. The lowest BCUT2D eigenvalue weighted by Crippen LogP contribution is -2.25. The van der Waals surface area contributed by atoms with Gasteiger partial charge in [0.2, 0.25) is 0 Å². The van der Waals surface area contributed by atoms with Gasteiger partial charge < -0.3 is 14.6 Å². The molecule has 136 valence electrons. The first-order valence-corrected chi connectivity index (χ1v) is 8.93. The molecule has 1 aliphatic rings. The second-order valence-electron chi connectivity index (χ2n) is 7.37. The molecule has 0 bridgehead atoms. The number of aromatic amines is 1. The highest BCUT2D eigenvalue weighted by molar-refractivity contribution is 5.79. The van der Waals surface area contributed by atoms with Gasteiger partial charge >= 0.3 is 0 Å². The normalized spacial score (nSPS) is 20.9. The number of aryl methyl sites for hydroxylation is 2. The summed E-state index contributed by atoms with van der Waals surface area (Å²) in [6.07, 6.45) is 0.230. The van der Waals surface area contributed by atoms with Gasteiger partial charge in [-0.1, -0.05) is 17.3 Å². The number of likely N-dealkylation sites (tertiary alicyclic amines) is 1. The summed E-state index contributed by atoms with van der Waals surface area (Å²) in [6, 6.07) is 9.91. The van der Waals surface area contributed by atoms with Crippen LogP contribution < -0.4 is 5.56 Å². The van der Waals surface area contributed by atoms with Crippen molar-refractivity contribution in [3.05, 3.63) is 63.3 Å². The van der Waals surface area contributed by atoms with E-state index in [4.69, 9.17) is 4.52 Å². The van der Waals surface area contributed by atoms with Crippen molar-refractivity contribution in [3.8, 4) is 0 Å². The largest absolute Gasteiger partial charge is 0.391 e. The Labute approximate surface area is 151 Å². The topological polar surface area (TPSA) is 82.4 Å². The Bertz CT molecular complexity index is 991. The lowest BCUT2D eigenvalue weighted by atomic mass is 10.0. The lowest BCUT2D eigenvalue weighted by Gasteiger charge is -2.15. The molecule has 6 heteroatoms. The summed E-state index contributed by atoms with van der Waals surface area (Å²) in [5.74, 6) is 0.886. The van der Waals surface area contributed by atoms with E-state index in [9.17, 15) is 9.90 Å². The molecular formula is C20H23N3O3. The van der Waals surface area contributed by atoms with Crippen LogP contribution in [0.15, 0.2) is 39.6 Å². The predicted molar refractivity (Wildman–Crippen MR) is 99.0 cm³/mol. The van der Waals surface area contributed by atoms with Crippen LogP contribution in [-0.4, -0.2) is 39.3 Å². The Kier molecular flexibility index (Phi) is 4.38. The van der Waals surface area contributed by atoms with Gasteiger partial charge in [0.15, 0.2) is 0 Å². The summed E-state index contributed by atoms with van der Waals surface area (Å²) >= 11 is 0. The van der Waals surface area contributed by atoms with E-state index in [2.05, 4.69) is 15.0 Å². The van der Waals surface area contributed by atoms with Gasteiger partial charge in [0, 0.05) is 49.1 Å². The van der Waals surface area contributed by atoms with Crippen LogP contribution in [0.4, 0.5) is 0 Å². The Hall–Kier alpha value is -2.44. The SMILES string of the molecule is Cc1ccc2cc(CN3C[C@@H](Cc4cc(C)no4)[C@@H](O)C3)c(=O)[nH]c2c1. The van der Waals surface area contributed by atoms with Crippen LogP contribution >= 0.6 is 0 Å². The maximum absolute atomic E-state index is 12.4. The second-order valence-corrected chi connectivity index (χ2v) is 7.37. The molecule has 4 rings (SSSR count). The third kappa shape index (κ3) is 3.43. The number of fused-ring (bicyclic) bond motifs is 1. The van der Waals surface area contributed by atoms with Crippen LogP contribution in [0.1, 0.15) is 22.6 Å². The van der Waals surface area contributed by atoms with E-state index in [0.29, 0.717) is 19.5 Å². The number of aromatic nitrogens is 2. The van der Waals surface area contributed by atoms with E-state index < -0.39 is 6.10 Å². The summed E-state index contributed by atoms with van der Waals surface area (Å²) < 4.78 is 5.27. The first-order chi connectivity index (χ1) is 12.5. The highest BCUT2D eigenvalue weighted by Crippen LogP contribution is 2.23. The number of benzene rings is 1. The van der Waals surface area contributed by atoms with Gasteiger partial charge in [0.1, 0.15) is 5.76 Å². The molecule has 0 aliphatic carbocycles. The van der Waals surface area contributed by atoms with Gasteiger partial charge in [0.05, 0.1) is 11.8 Å². The molecule has 1 fully saturated rings. The highest BCUT2D eigenvalue weighted by Gasteiger charge is 2.32. The van der Waals surface area contributed by atoms with Gasteiger partial charge in [-0.25, -0.2) is 0 Å². The first kappa shape index (κ1) is 17.0. The number of nitrogens with zero attached hydrogens (tertiary/aromatic N) is 2. The Balaban J connectivity index is 1.49. The summed E-state index contributed by atoms with van der Waals surface area (Å²) in [4.78, 5) is 17.5. The van der Waals surface area contributed by atoms with Crippen molar-refractivity contribution in [1.29, 1.82) is 0 Å². The maximum Gasteiger partial charge on any atom is 0.252 e. The molecule has 2 N–H and O–H groups in total. The molecule has 0 saturated carbocycles. The van der Waals surface area contributed by atoms with Crippen molar-refractivity contribution in [2.75, 3.05) is 13.1 Å². The Morgan fingerprint density at radius 2 is 2.12 bits per heavy atom. The number of pyridine rings is 1. The Morgan fingerprint density at radius 1 is 1.27 bits per heavy atom. The number of nitrogens with one attached hydrogen (secondary N) is 1. The third-order valence-corrected chi connectivity index (χ3v) is 5.09. The molecule has 6 nitrogen and oxygen atoms in total. The van der Waals surface area contributed by atoms with Crippen LogP contribution in [0.2, 0.25) is 0 Å². The molecule has 0 unspecified atom stereocenters. The molecule has 1 aromatic carbocycles. The van der Waals surface area contributed by atoms with Crippen molar-refractivity contribution in [3.63, 3.8) is 0 Å². The third-order valence-electron chi connectivity index (χ3n) is 5.09. The number of aliphatic hydroxyl groups is 1.